The minimum absolute atomic E-state index is 0.0312. The van der Waals surface area contributed by atoms with Crippen molar-refractivity contribution < 1.29 is 22.7 Å². The van der Waals surface area contributed by atoms with Crippen LogP contribution < -0.4 is 14.8 Å². The highest BCUT2D eigenvalue weighted by molar-refractivity contribution is 7.89. The Labute approximate surface area is 188 Å². The van der Waals surface area contributed by atoms with Crippen molar-refractivity contribution in [1.29, 1.82) is 0 Å². The second-order valence-electron chi connectivity index (χ2n) is 7.25. The van der Waals surface area contributed by atoms with E-state index >= 15 is 0 Å². The van der Waals surface area contributed by atoms with Crippen LogP contribution in [0.4, 0.5) is 0 Å². The zero-order valence-corrected chi connectivity index (χ0v) is 19.0. The first-order valence-corrected chi connectivity index (χ1v) is 12.1. The Balaban J connectivity index is 1.62. The van der Waals surface area contributed by atoms with Crippen LogP contribution in [0.2, 0.25) is 5.02 Å². The Morgan fingerprint density at radius 2 is 1.77 bits per heavy atom. The normalized spacial score (nSPS) is 15.2. The van der Waals surface area contributed by atoms with Crippen molar-refractivity contribution in [3.8, 4) is 11.5 Å². The van der Waals surface area contributed by atoms with E-state index in [1.165, 1.54) is 22.5 Å². The molecule has 7 nitrogen and oxygen atoms in total. The first-order chi connectivity index (χ1) is 14.9. The van der Waals surface area contributed by atoms with Crippen molar-refractivity contribution in [3.05, 3.63) is 53.1 Å². The van der Waals surface area contributed by atoms with Crippen molar-refractivity contribution in [2.45, 2.75) is 30.6 Å². The maximum atomic E-state index is 13.1. The van der Waals surface area contributed by atoms with Crippen LogP contribution in [0.15, 0.2) is 47.4 Å². The molecular weight excluding hydrogens is 440 g/mol. The van der Waals surface area contributed by atoms with E-state index in [1.54, 1.807) is 19.2 Å². The summed E-state index contributed by atoms with van der Waals surface area (Å²) in [6.07, 6.45) is 3.68. The third-order valence-corrected chi connectivity index (χ3v) is 7.45. The van der Waals surface area contributed by atoms with Crippen molar-refractivity contribution in [2.75, 3.05) is 33.4 Å². The molecule has 9 heteroatoms. The van der Waals surface area contributed by atoms with Gasteiger partial charge in [-0.25, -0.2) is 8.42 Å². The fourth-order valence-electron chi connectivity index (χ4n) is 3.39. The molecule has 0 aliphatic carbocycles. The number of rotatable bonds is 8. The van der Waals surface area contributed by atoms with Crippen LogP contribution in [0.3, 0.4) is 0 Å². The maximum Gasteiger partial charge on any atom is 0.251 e. The molecule has 1 saturated heterocycles. The summed E-state index contributed by atoms with van der Waals surface area (Å²) < 4.78 is 38.4. The molecule has 1 fully saturated rings. The molecule has 1 amide bonds. The number of methoxy groups -OCH3 is 1. The zero-order valence-electron chi connectivity index (χ0n) is 17.5. The van der Waals surface area contributed by atoms with E-state index in [2.05, 4.69) is 5.32 Å². The molecule has 168 valence electrons. The highest BCUT2D eigenvalue weighted by atomic mass is 35.5. The molecule has 0 saturated carbocycles. The van der Waals surface area contributed by atoms with Gasteiger partial charge in [0.1, 0.15) is 23.0 Å². The number of carbonyl (C=O) groups excluding carboxylic acids is 1. The Bertz CT molecular complexity index is 1000. The van der Waals surface area contributed by atoms with Crippen LogP contribution in [0, 0.1) is 0 Å². The van der Waals surface area contributed by atoms with E-state index in [9.17, 15) is 13.2 Å². The quantitative estimate of drug-likeness (QED) is 0.599. The van der Waals surface area contributed by atoms with Gasteiger partial charge in [-0.3, -0.25) is 4.79 Å². The molecule has 3 rings (SSSR count). The van der Waals surface area contributed by atoms with Gasteiger partial charge in [-0.2, -0.15) is 4.31 Å². The van der Waals surface area contributed by atoms with E-state index in [1.807, 2.05) is 12.1 Å². The second-order valence-corrected chi connectivity index (χ2v) is 9.56. The lowest BCUT2D eigenvalue weighted by Crippen LogP contribution is -2.32. The summed E-state index contributed by atoms with van der Waals surface area (Å²) in [6.45, 7) is 1.45. The summed E-state index contributed by atoms with van der Waals surface area (Å²) in [6, 6.07) is 11.5. The minimum atomic E-state index is -3.76. The number of hydrogen-bond donors (Lipinski definition) is 1. The molecule has 1 aliphatic heterocycles. The third kappa shape index (κ3) is 6.12. The SMILES string of the molecule is COc1cccc(OCCNC(=O)c2ccc(Cl)c(S(=O)(=O)N3CCCCCC3)c2)c1. The number of nitrogens with zero attached hydrogens (tertiary/aromatic N) is 1. The molecule has 2 aromatic rings. The van der Waals surface area contributed by atoms with E-state index < -0.39 is 15.9 Å². The third-order valence-electron chi connectivity index (χ3n) is 5.07. The molecular formula is C22H27ClN2O5S. The predicted molar refractivity (Wildman–Crippen MR) is 120 cm³/mol. The highest BCUT2D eigenvalue weighted by Gasteiger charge is 2.28. The Hall–Kier alpha value is -2.29. The van der Waals surface area contributed by atoms with Gasteiger partial charge in [-0.05, 0) is 43.2 Å². The second kappa shape index (κ2) is 10.8. The summed E-state index contributed by atoms with van der Waals surface area (Å²) in [5, 5.41) is 2.85. The summed E-state index contributed by atoms with van der Waals surface area (Å²) in [4.78, 5) is 12.5. The molecule has 1 heterocycles. The van der Waals surface area contributed by atoms with Crippen molar-refractivity contribution in [3.63, 3.8) is 0 Å². The van der Waals surface area contributed by atoms with E-state index in [0.717, 1.165) is 25.7 Å². The predicted octanol–water partition coefficient (Wildman–Crippen LogP) is 3.72. The van der Waals surface area contributed by atoms with Crippen LogP contribution in [-0.2, 0) is 10.0 Å². The van der Waals surface area contributed by atoms with Gasteiger partial charge in [0.15, 0.2) is 0 Å². The van der Waals surface area contributed by atoms with E-state index in [-0.39, 0.29) is 28.6 Å². The first-order valence-electron chi connectivity index (χ1n) is 10.3. The lowest BCUT2D eigenvalue weighted by Gasteiger charge is -2.21. The van der Waals surface area contributed by atoms with Gasteiger partial charge in [0.2, 0.25) is 10.0 Å². The largest absolute Gasteiger partial charge is 0.497 e. The monoisotopic (exact) mass is 466 g/mol. The molecule has 0 spiro atoms. The number of nitrogens with one attached hydrogen (secondary N) is 1. The van der Waals surface area contributed by atoms with Gasteiger partial charge < -0.3 is 14.8 Å². The Morgan fingerprint density at radius 1 is 1.06 bits per heavy atom. The van der Waals surface area contributed by atoms with Crippen LogP contribution in [-0.4, -0.2) is 52.0 Å². The number of halogens is 1. The van der Waals surface area contributed by atoms with E-state index in [0.29, 0.717) is 24.6 Å². The lowest BCUT2D eigenvalue weighted by molar-refractivity contribution is 0.0946. The fourth-order valence-corrected chi connectivity index (χ4v) is 5.41. The highest BCUT2D eigenvalue weighted by Crippen LogP contribution is 2.27. The van der Waals surface area contributed by atoms with Gasteiger partial charge in [-0.1, -0.05) is 30.5 Å². The summed E-state index contributed by atoms with van der Waals surface area (Å²) in [5.74, 6) is 0.921. The average molecular weight is 467 g/mol. The fraction of sp³-hybridized carbons (Fsp3) is 0.409. The molecule has 31 heavy (non-hydrogen) atoms. The summed E-state index contributed by atoms with van der Waals surface area (Å²) >= 11 is 6.20. The van der Waals surface area contributed by atoms with Crippen LogP contribution in [0.5, 0.6) is 11.5 Å². The number of benzene rings is 2. The van der Waals surface area contributed by atoms with Gasteiger partial charge in [0.25, 0.3) is 5.91 Å². The number of sulfonamides is 1. The van der Waals surface area contributed by atoms with Crippen molar-refractivity contribution in [2.24, 2.45) is 0 Å². The molecule has 0 aromatic heterocycles. The van der Waals surface area contributed by atoms with Crippen LogP contribution in [0.1, 0.15) is 36.0 Å². The molecule has 2 aromatic carbocycles. The Morgan fingerprint density at radius 3 is 2.48 bits per heavy atom. The lowest BCUT2D eigenvalue weighted by atomic mass is 10.2. The topological polar surface area (TPSA) is 84.9 Å². The molecule has 0 atom stereocenters. The zero-order chi connectivity index (χ0) is 22.3. The van der Waals surface area contributed by atoms with Gasteiger partial charge in [0.05, 0.1) is 18.7 Å². The molecule has 0 unspecified atom stereocenters. The number of hydrogen-bond acceptors (Lipinski definition) is 5. The molecule has 0 radical (unpaired) electrons. The van der Waals surface area contributed by atoms with Crippen LogP contribution in [0.25, 0.3) is 0 Å². The van der Waals surface area contributed by atoms with Crippen molar-refractivity contribution >= 4 is 27.5 Å². The van der Waals surface area contributed by atoms with Crippen molar-refractivity contribution in [1.82, 2.24) is 9.62 Å². The summed E-state index contributed by atoms with van der Waals surface area (Å²) in [5.41, 5.74) is 0.235. The number of amides is 1. The number of carbonyl (C=O) groups is 1. The first kappa shape index (κ1) is 23.4. The van der Waals surface area contributed by atoms with E-state index in [4.69, 9.17) is 21.1 Å². The van der Waals surface area contributed by atoms with Gasteiger partial charge >= 0.3 is 0 Å². The Kier molecular flexibility index (Phi) is 8.17. The van der Waals surface area contributed by atoms with Gasteiger partial charge in [-0.15, -0.1) is 0 Å². The number of ether oxygens (including phenoxy) is 2. The summed E-state index contributed by atoms with van der Waals surface area (Å²) in [7, 11) is -2.18. The standard InChI is InChI=1S/C22H27ClN2O5S/c1-29-18-7-6-8-19(16-18)30-14-11-24-22(26)17-9-10-20(23)21(15-17)31(27,28)25-12-4-2-3-5-13-25/h6-10,15-16H,2-5,11-14H2,1H3,(H,24,26). The smallest absolute Gasteiger partial charge is 0.251 e. The minimum Gasteiger partial charge on any atom is -0.497 e. The average Bonchev–Trinajstić information content (AvgIpc) is 3.07. The molecule has 1 N–H and O–H groups in total. The molecule has 1 aliphatic rings. The maximum absolute atomic E-state index is 13.1. The van der Waals surface area contributed by atoms with Crippen LogP contribution >= 0.6 is 11.6 Å². The van der Waals surface area contributed by atoms with Gasteiger partial charge in [0, 0.05) is 24.7 Å². The molecule has 0 bridgehead atoms.